The van der Waals surface area contributed by atoms with Crippen LogP contribution in [0, 0.1) is 0 Å². The SMILES string of the molecule is COCCN(CC1CCCN1)C(=O)C(C)(C)S(C)(=O)=O. The Morgan fingerprint density at radius 2 is 2.10 bits per heavy atom. The van der Waals surface area contributed by atoms with Crippen molar-refractivity contribution in [3.8, 4) is 0 Å². The van der Waals surface area contributed by atoms with E-state index in [-0.39, 0.29) is 11.9 Å². The molecule has 1 amide bonds. The maximum atomic E-state index is 12.6. The molecule has 0 radical (unpaired) electrons. The summed E-state index contributed by atoms with van der Waals surface area (Å²) in [6.45, 7) is 5.22. The highest BCUT2D eigenvalue weighted by molar-refractivity contribution is 7.92. The smallest absolute Gasteiger partial charge is 0.243 e. The van der Waals surface area contributed by atoms with Crippen LogP contribution in [0.1, 0.15) is 26.7 Å². The predicted octanol–water partition coefficient (Wildman–Crippen LogP) is 0.0366. The van der Waals surface area contributed by atoms with Gasteiger partial charge in [-0.05, 0) is 33.2 Å². The quantitative estimate of drug-likeness (QED) is 0.718. The molecule has 1 fully saturated rings. The Kier molecular flexibility index (Phi) is 5.97. The van der Waals surface area contributed by atoms with Gasteiger partial charge in [0.25, 0.3) is 0 Å². The van der Waals surface area contributed by atoms with Gasteiger partial charge in [0.05, 0.1) is 6.61 Å². The van der Waals surface area contributed by atoms with Gasteiger partial charge in [-0.25, -0.2) is 8.42 Å². The summed E-state index contributed by atoms with van der Waals surface area (Å²) in [7, 11) is -1.89. The van der Waals surface area contributed by atoms with Crippen LogP contribution in [0.2, 0.25) is 0 Å². The molecule has 1 N–H and O–H groups in total. The number of hydrogen-bond acceptors (Lipinski definition) is 5. The van der Waals surface area contributed by atoms with Gasteiger partial charge in [-0.3, -0.25) is 4.79 Å². The van der Waals surface area contributed by atoms with Gasteiger partial charge >= 0.3 is 0 Å². The van der Waals surface area contributed by atoms with E-state index in [4.69, 9.17) is 4.74 Å². The van der Waals surface area contributed by atoms with Crippen molar-refractivity contribution in [2.45, 2.75) is 37.5 Å². The summed E-state index contributed by atoms with van der Waals surface area (Å²) in [4.78, 5) is 14.2. The molecular weight excluding hydrogens is 280 g/mol. The highest BCUT2D eigenvalue weighted by Crippen LogP contribution is 2.20. The number of amides is 1. The van der Waals surface area contributed by atoms with Crippen molar-refractivity contribution in [3.63, 3.8) is 0 Å². The standard InChI is InChI=1S/C13H26N2O4S/c1-13(2,20(4,17)18)12(16)15(8-9-19-3)10-11-6-5-7-14-11/h11,14H,5-10H2,1-4H3. The fourth-order valence-corrected chi connectivity index (χ4v) is 2.64. The van der Waals surface area contributed by atoms with Crippen LogP contribution in [-0.2, 0) is 19.4 Å². The molecule has 0 saturated carbocycles. The molecule has 0 aromatic carbocycles. The van der Waals surface area contributed by atoms with Crippen LogP contribution in [0.5, 0.6) is 0 Å². The van der Waals surface area contributed by atoms with E-state index in [0.29, 0.717) is 19.7 Å². The second-order valence-electron chi connectivity index (χ2n) is 5.82. The predicted molar refractivity (Wildman–Crippen MR) is 78.4 cm³/mol. The first kappa shape index (κ1) is 17.4. The third-order valence-electron chi connectivity index (χ3n) is 3.90. The Balaban J connectivity index is 2.83. The van der Waals surface area contributed by atoms with Gasteiger partial charge in [0.15, 0.2) is 9.84 Å². The molecule has 0 spiro atoms. The second kappa shape index (κ2) is 6.87. The van der Waals surface area contributed by atoms with E-state index in [9.17, 15) is 13.2 Å². The lowest BCUT2D eigenvalue weighted by atomic mass is 10.1. The maximum Gasteiger partial charge on any atom is 0.243 e. The van der Waals surface area contributed by atoms with Crippen molar-refractivity contribution in [1.82, 2.24) is 10.2 Å². The first-order valence-electron chi connectivity index (χ1n) is 6.91. The van der Waals surface area contributed by atoms with Gasteiger partial charge in [0.2, 0.25) is 5.91 Å². The molecule has 7 heteroatoms. The van der Waals surface area contributed by atoms with Crippen LogP contribution in [-0.4, -0.2) is 69.6 Å². The molecule has 1 aliphatic heterocycles. The number of rotatable bonds is 7. The van der Waals surface area contributed by atoms with Gasteiger partial charge in [-0.1, -0.05) is 0 Å². The largest absolute Gasteiger partial charge is 0.383 e. The zero-order valence-electron chi connectivity index (χ0n) is 12.8. The van der Waals surface area contributed by atoms with Gasteiger partial charge in [-0.2, -0.15) is 0 Å². The Hall–Kier alpha value is -0.660. The molecule has 1 aliphatic rings. The highest BCUT2D eigenvalue weighted by atomic mass is 32.2. The van der Waals surface area contributed by atoms with Crippen LogP contribution >= 0.6 is 0 Å². The number of sulfone groups is 1. The molecule has 0 aliphatic carbocycles. The van der Waals surface area contributed by atoms with Crippen LogP contribution in [0.25, 0.3) is 0 Å². The van der Waals surface area contributed by atoms with Crippen LogP contribution in [0.4, 0.5) is 0 Å². The number of methoxy groups -OCH3 is 1. The first-order valence-corrected chi connectivity index (χ1v) is 8.80. The number of nitrogens with zero attached hydrogens (tertiary/aromatic N) is 1. The fourth-order valence-electron chi connectivity index (χ4n) is 2.20. The lowest BCUT2D eigenvalue weighted by Gasteiger charge is -2.32. The van der Waals surface area contributed by atoms with Crippen molar-refractivity contribution in [1.29, 1.82) is 0 Å². The Bertz CT molecular complexity index is 428. The molecule has 1 heterocycles. The van der Waals surface area contributed by atoms with Crippen LogP contribution < -0.4 is 5.32 Å². The number of nitrogens with one attached hydrogen (secondary N) is 1. The maximum absolute atomic E-state index is 12.6. The van der Waals surface area contributed by atoms with Crippen LogP contribution in [0.3, 0.4) is 0 Å². The summed E-state index contributed by atoms with van der Waals surface area (Å²) in [6, 6.07) is 0.242. The van der Waals surface area contributed by atoms with Crippen molar-refractivity contribution in [2.24, 2.45) is 0 Å². The summed E-state index contributed by atoms with van der Waals surface area (Å²) >= 11 is 0. The average molecular weight is 306 g/mol. The summed E-state index contributed by atoms with van der Waals surface area (Å²) < 4.78 is 27.2. The van der Waals surface area contributed by atoms with E-state index in [1.807, 2.05) is 0 Å². The number of carbonyl (C=O) groups is 1. The van der Waals surface area contributed by atoms with E-state index >= 15 is 0 Å². The minimum Gasteiger partial charge on any atom is -0.383 e. The van der Waals surface area contributed by atoms with Crippen molar-refractivity contribution in [3.05, 3.63) is 0 Å². The Morgan fingerprint density at radius 1 is 1.45 bits per heavy atom. The van der Waals surface area contributed by atoms with Crippen molar-refractivity contribution >= 4 is 15.7 Å². The Labute approximate surface area is 121 Å². The molecule has 118 valence electrons. The van der Waals surface area contributed by atoms with Crippen molar-refractivity contribution in [2.75, 3.05) is 39.6 Å². The first-order chi connectivity index (χ1) is 9.20. The molecular formula is C13H26N2O4S. The zero-order chi connectivity index (χ0) is 15.4. The summed E-state index contributed by atoms with van der Waals surface area (Å²) in [6.07, 6.45) is 3.20. The third-order valence-corrected chi connectivity index (χ3v) is 5.93. The molecule has 6 nitrogen and oxygen atoms in total. The minimum atomic E-state index is -3.46. The normalized spacial score (nSPS) is 20.1. The number of ether oxygens (including phenoxy) is 1. The molecule has 20 heavy (non-hydrogen) atoms. The number of carbonyl (C=O) groups excluding carboxylic acids is 1. The van der Waals surface area contributed by atoms with Gasteiger partial charge in [0.1, 0.15) is 4.75 Å². The van der Waals surface area contributed by atoms with Crippen molar-refractivity contribution < 1.29 is 17.9 Å². The molecule has 1 rings (SSSR count). The van der Waals surface area contributed by atoms with Gasteiger partial charge < -0.3 is 15.0 Å². The minimum absolute atomic E-state index is 0.242. The number of hydrogen-bond donors (Lipinski definition) is 1. The molecule has 0 aromatic heterocycles. The molecule has 1 unspecified atom stereocenters. The zero-order valence-corrected chi connectivity index (χ0v) is 13.6. The summed E-state index contributed by atoms with van der Waals surface area (Å²) in [5, 5.41) is 3.32. The van der Waals surface area contributed by atoms with E-state index < -0.39 is 14.6 Å². The molecule has 1 saturated heterocycles. The highest BCUT2D eigenvalue weighted by Gasteiger charge is 2.41. The topological polar surface area (TPSA) is 75.7 Å². The molecule has 0 bridgehead atoms. The van der Waals surface area contributed by atoms with Gasteiger partial charge in [0, 0.05) is 32.5 Å². The second-order valence-corrected chi connectivity index (χ2v) is 8.38. The molecule has 1 atom stereocenters. The van der Waals surface area contributed by atoms with E-state index in [0.717, 1.165) is 25.6 Å². The summed E-state index contributed by atoms with van der Waals surface area (Å²) in [5.74, 6) is -0.356. The average Bonchev–Trinajstić information content (AvgIpc) is 2.84. The summed E-state index contributed by atoms with van der Waals surface area (Å²) in [5.41, 5.74) is 0. The van der Waals surface area contributed by atoms with E-state index in [2.05, 4.69) is 5.32 Å². The van der Waals surface area contributed by atoms with Gasteiger partial charge in [-0.15, -0.1) is 0 Å². The lowest BCUT2D eigenvalue weighted by molar-refractivity contribution is -0.134. The molecule has 0 aromatic rings. The van der Waals surface area contributed by atoms with Crippen LogP contribution in [0.15, 0.2) is 0 Å². The lowest BCUT2D eigenvalue weighted by Crippen LogP contribution is -2.53. The third kappa shape index (κ3) is 4.17. The van der Waals surface area contributed by atoms with E-state index in [1.54, 1.807) is 12.0 Å². The Morgan fingerprint density at radius 3 is 2.55 bits per heavy atom. The monoisotopic (exact) mass is 306 g/mol. The fraction of sp³-hybridized carbons (Fsp3) is 0.923. The van der Waals surface area contributed by atoms with E-state index in [1.165, 1.54) is 13.8 Å².